The third-order valence-corrected chi connectivity index (χ3v) is 4.43. The SMILES string of the molecule is CC(=O)NCC1=Cc2ccccc2N(S(C)(=O)=O)[C@@H]1C(F)(F)F. The maximum Gasteiger partial charge on any atom is 0.413 e. The third-order valence-electron chi connectivity index (χ3n) is 3.31. The van der Waals surface area contributed by atoms with Crippen LogP contribution in [0.5, 0.6) is 0 Å². The van der Waals surface area contributed by atoms with Crippen LogP contribution in [0.3, 0.4) is 0 Å². The van der Waals surface area contributed by atoms with Crippen molar-refractivity contribution in [1.29, 1.82) is 0 Å². The van der Waals surface area contributed by atoms with E-state index in [1.54, 1.807) is 6.07 Å². The van der Waals surface area contributed by atoms with E-state index in [1.165, 1.54) is 31.2 Å². The average Bonchev–Trinajstić information content (AvgIpc) is 2.41. The zero-order chi connectivity index (χ0) is 17.4. The number of nitrogens with zero attached hydrogens (tertiary/aromatic N) is 1. The molecule has 1 amide bonds. The van der Waals surface area contributed by atoms with Gasteiger partial charge >= 0.3 is 6.18 Å². The molecular formula is C14H15F3N2O3S. The van der Waals surface area contributed by atoms with E-state index in [-0.39, 0.29) is 17.8 Å². The fraction of sp³-hybridized carbons (Fsp3) is 0.357. The van der Waals surface area contributed by atoms with Gasteiger partial charge in [-0.05, 0) is 23.3 Å². The Morgan fingerprint density at radius 1 is 1.30 bits per heavy atom. The van der Waals surface area contributed by atoms with Gasteiger partial charge in [0, 0.05) is 13.5 Å². The van der Waals surface area contributed by atoms with Gasteiger partial charge in [-0.1, -0.05) is 18.2 Å². The van der Waals surface area contributed by atoms with E-state index in [0.29, 0.717) is 9.87 Å². The first kappa shape index (κ1) is 17.3. The zero-order valence-corrected chi connectivity index (χ0v) is 13.2. The first-order valence-electron chi connectivity index (χ1n) is 6.62. The summed E-state index contributed by atoms with van der Waals surface area (Å²) in [7, 11) is -4.18. The molecule has 1 N–H and O–H groups in total. The fourth-order valence-electron chi connectivity index (χ4n) is 2.47. The molecular weight excluding hydrogens is 333 g/mol. The van der Waals surface area contributed by atoms with E-state index in [4.69, 9.17) is 0 Å². The van der Waals surface area contributed by atoms with E-state index >= 15 is 0 Å². The molecule has 0 unspecified atom stereocenters. The van der Waals surface area contributed by atoms with Gasteiger partial charge in [0.25, 0.3) is 0 Å². The molecule has 23 heavy (non-hydrogen) atoms. The molecule has 5 nitrogen and oxygen atoms in total. The number of anilines is 1. The quantitative estimate of drug-likeness (QED) is 0.908. The Morgan fingerprint density at radius 3 is 2.43 bits per heavy atom. The molecule has 0 spiro atoms. The minimum Gasteiger partial charge on any atom is -0.353 e. The molecule has 1 atom stereocenters. The molecule has 9 heteroatoms. The van der Waals surface area contributed by atoms with E-state index in [2.05, 4.69) is 5.32 Å². The van der Waals surface area contributed by atoms with Gasteiger partial charge in [0.05, 0.1) is 11.9 Å². The summed E-state index contributed by atoms with van der Waals surface area (Å²) in [6.45, 7) is 0.786. The van der Waals surface area contributed by atoms with Crippen molar-refractivity contribution >= 4 is 27.7 Å². The topological polar surface area (TPSA) is 66.5 Å². The standard InChI is InChI=1S/C14H15F3N2O3S/c1-9(20)18-8-11-7-10-5-3-4-6-12(10)19(23(2,21)22)13(11)14(15,16)17/h3-7,13H,8H2,1-2H3,(H,18,20)/t13-/m0/s1. The number of amides is 1. The van der Waals surface area contributed by atoms with E-state index < -0.39 is 28.1 Å². The first-order chi connectivity index (χ1) is 10.5. The summed E-state index contributed by atoms with van der Waals surface area (Å²) in [4.78, 5) is 11.0. The van der Waals surface area contributed by atoms with Crippen LogP contribution >= 0.6 is 0 Å². The van der Waals surface area contributed by atoms with E-state index in [0.717, 1.165) is 6.26 Å². The number of alkyl halides is 3. The van der Waals surface area contributed by atoms with E-state index in [1.807, 2.05) is 0 Å². The summed E-state index contributed by atoms with van der Waals surface area (Å²) in [5, 5.41) is 2.29. The van der Waals surface area contributed by atoms with Crippen molar-refractivity contribution in [3.05, 3.63) is 35.4 Å². The van der Waals surface area contributed by atoms with Gasteiger partial charge in [-0.2, -0.15) is 13.2 Å². The molecule has 0 aromatic heterocycles. The maximum absolute atomic E-state index is 13.5. The number of carbonyl (C=O) groups excluding carboxylic acids is 1. The molecule has 1 aromatic carbocycles. The molecule has 0 fully saturated rings. The summed E-state index contributed by atoms with van der Waals surface area (Å²) < 4.78 is 65.0. The van der Waals surface area contributed by atoms with Crippen LogP contribution in [-0.4, -0.2) is 39.3 Å². The molecule has 2 rings (SSSR count). The number of sulfonamides is 1. The summed E-state index contributed by atoms with van der Waals surface area (Å²) in [5.74, 6) is -0.503. The Labute approximate surface area is 131 Å². The minimum absolute atomic E-state index is 0.0381. The Morgan fingerprint density at radius 2 is 1.91 bits per heavy atom. The molecule has 0 aliphatic carbocycles. The fourth-order valence-corrected chi connectivity index (χ4v) is 3.63. The first-order valence-corrected chi connectivity index (χ1v) is 8.46. The predicted octanol–water partition coefficient (Wildman–Crippen LogP) is 1.92. The second-order valence-electron chi connectivity index (χ2n) is 5.19. The van der Waals surface area contributed by atoms with Gasteiger partial charge in [0.1, 0.15) is 0 Å². The predicted molar refractivity (Wildman–Crippen MR) is 80.3 cm³/mol. The lowest BCUT2D eigenvalue weighted by Gasteiger charge is -2.38. The highest BCUT2D eigenvalue weighted by Gasteiger charge is 2.51. The van der Waals surface area contributed by atoms with Gasteiger partial charge in [0.15, 0.2) is 6.04 Å². The normalized spacial score (nSPS) is 18.2. The second-order valence-corrected chi connectivity index (χ2v) is 7.05. The van der Waals surface area contributed by atoms with Gasteiger partial charge in [0.2, 0.25) is 15.9 Å². The van der Waals surface area contributed by atoms with Gasteiger partial charge in [-0.25, -0.2) is 8.42 Å². The smallest absolute Gasteiger partial charge is 0.353 e. The average molecular weight is 348 g/mol. The summed E-state index contributed by atoms with van der Waals surface area (Å²) >= 11 is 0. The van der Waals surface area contributed by atoms with Crippen LogP contribution in [-0.2, 0) is 14.8 Å². The number of fused-ring (bicyclic) bond motifs is 1. The highest BCUT2D eigenvalue weighted by Crippen LogP contribution is 2.41. The van der Waals surface area contributed by atoms with Crippen LogP contribution in [0.1, 0.15) is 12.5 Å². The molecule has 0 saturated carbocycles. The second kappa shape index (κ2) is 5.88. The highest BCUT2D eigenvalue weighted by atomic mass is 32.2. The lowest BCUT2D eigenvalue weighted by molar-refractivity contribution is -0.138. The Balaban J connectivity index is 2.64. The monoisotopic (exact) mass is 348 g/mol. The lowest BCUT2D eigenvalue weighted by Crippen LogP contribution is -2.53. The van der Waals surface area contributed by atoms with Crippen molar-refractivity contribution < 1.29 is 26.4 Å². The van der Waals surface area contributed by atoms with Gasteiger partial charge in [-0.3, -0.25) is 9.10 Å². The summed E-state index contributed by atoms with van der Waals surface area (Å²) in [5.41, 5.74) is 0.0690. The molecule has 0 bridgehead atoms. The number of hydrogen-bond donors (Lipinski definition) is 1. The molecule has 0 saturated heterocycles. The number of carbonyl (C=O) groups is 1. The Kier molecular flexibility index (Phi) is 4.43. The van der Waals surface area contributed by atoms with Crippen molar-refractivity contribution in [2.75, 3.05) is 17.1 Å². The minimum atomic E-state index is -4.82. The highest BCUT2D eigenvalue weighted by molar-refractivity contribution is 7.92. The third kappa shape index (κ3) is 3.66. The maximum atomic E-state index is 13.5. The molecule has 1 aliphatic rings. The molecule has 1 aromatic rings. The number of hydrogen-bond acceptors (Lipinski definition) is 3. The number of halogens is 3. The van der Waals surface area contributed by atoms with Gasteiger partial charge < -0.3 is 5.32 Å². The van der Waals surface area contributed by atoms with Crippen LogP contribution in [0.4, 0.5) is 18.9 Å². The Hall–Kier alpha value is -2.03. The largest absolute Gasteiger partial charge is 0.413 e. The van der Waals surface area contributed by atoms with Crippen LogP contribution < -0.4 is 9.62 Å². The number of benzene rings is 1. The molecule has 1 heterocycles. The molecule has 0 radical (unpaired) electrons. The van der Waals surface area contributed by atoms with Crippen LogP contribution in [0, 0.1) is 0 Å². The van der Waals surface area contributed by atoms with Crippen LogP contribution in [0.2, 0.25) is 0 Å². The van der Waals surface area contributed by atoms with Crippen molar-refractivity contribution in [3.63, 3.8) is 0 Å². The van der Waals surface area contributed by atoms with Crippen LogP contribution in [0.15, 0.2) is 29.8 Å². The van der Waals surface area contributed by atoms with Crippen molar-refractivity contribution in [2.24, 2.45) is 0 Å². The van der Waals surface area contributed by atoms with Crippen LogP contribution in [0.25, 0.3) is 6.08 Å². The number of para-hydroxylation sites is 1. The van der Waals surface area contributed by atoms with Gasteiger partial charge in [-0.15, -0.1) is 0 Å². The van der Waals surface area contributed by atoms with Crippen molar-refractivity contribution in [2.45, 2.75) is 19.1 Å². The zero-order valence-electron chi connectivity index (χ0n) is 12.4. The van der Waals surface area contributed by atoms with E-state index in [9.17, 15) is 26.4 Å². The number of nitrogens with one attached hydrogen (secondary N) is 1. The summed E-state index contributed by atoms with van der Waals surface area (Å²) in [6, 6.07) is 3.56. The lowest BCUT2D eigenvalue weighted by atomic mass is 9.97. The molecule has 126 valence electrons. The molecule has 1 aliphatic heterocycles. The Bertz CT molecular complexity index is 757. The van der Waals surface area contributed by atoms with Crippen molar-refractivity contribution in [3.8, 4) is 0 Å². The van der Waals surface area contributed by atoms with Crippen molar-refractivity contribution in [1.82, 2.24) is 5.32 Å². The summed E-state index contributed by atoms with van der Waals surface area (Å²) in [6.07, 6.45) is -2.82. The number of rotatable bonds is 3.